The number of imide groups is 1. The van der Waals surface area contributed by atoms with E-state index < -0.39 is 11.9 Å². The predicted molar refractivity (Wildman–Crippen MR) is 193 cm³/mol. The minimum absolute atomic E-state index is 0.170. The number of carbonyl (C=O) groups is 3. The van der Waals surface area contributed by atoms with E-state index in [0.717, 1.165) is 55.1 Å². The Balaban J connectivity index is 0.796. The molecule has 0 aromatic heterocycles. The van der Waals surface area contributed by atoms with Crippen molar-refractivity contribution < 1.29 is 23.9 Å². The first-order valence-electron chi connectivity index (χ1n) is 18.0. The van der Waals surface area contributed by atoms with Crippen molar-refractivity contribution in [2.75, 3.05) is 32.8 Å². The Morgan fingerprint density at radius 2 is 1.67 bits per heavy atom. The van der Waals surface area contributed by atoms with Crippen LogP contribution in [0.3, 0.4) is 0 Å². The molecule has 2 fully saturated rings. The van der Waals surface area contributed by atoms with Crippen molar-refractivity contribution in [1.29, 1.82) is 0 Å². The third kappa shape index (κ3) is 6.87. The van der Waals surface area contributed by atoms with Crippen molar-refractivity contribution in [2.24, 2.45) is 5.92 Å². The van der Waals surface area contributed by atoms with E-state index in [0.29, 0.717) is 37.7 Å². The summed E-state index contributed by atoms with van der Waals surface area (Å²) in [5.74, 6) is 8.68. The number of benzene rings is 4. The van der Waals surface area contributed by atoms with Crippen LogP contribution in [-0.4, -0.2) is 66.4 Å². The topological polar surface area (TPSA) is 88.2 Å². The van der Waals surface area contributed by atoms with Gasteiger partial charge in [-0.2, -0.15) is 0 Å². The smallest absolute Gasteiger partial charge is 0.255 e. The standard InChI is InChI=1S/C43H41N3O5/c47-40-22-21-38(42(48)44-40)46-27-36-30(13-8-15-34(36)43(46)49)12-5-4-9-29-25-45(26-29)23-24-50-33-19-17-32(18-20-33)41-35-14-6-7-16-39(35)51-28-37(41)31-10-2-1-3-11-31/h1-3,6-8,10-11,13-20,29,37-38,41H,4,9,21-28H2,(H,44,47,48). The Labute approximate surface area is 298 Å². The van der Waals surface area contributed by atoms with E-state index in [-0.39, 0.29) is 30.1 Å². The zero-order valence-electron chi connectivity index (χ0n) is 28.6. The minimum atomic E-state index is -0.620. The van der Waals surface area contributed by atoms with Crippen molar-refractivity contribution in [3.05, 3.63) is 130 Å². The van der Waals surface area contributed by atoms with Crippen molar-refractivity contribution >= 4 is 17.7 Å². The molecule has 8 nitrogen and oxygen atoms in total. The number of para-hydroxylation sites is 1. The lowest BCUT2D eigenvalue weighted by Crippen LogP contribution is -2.52. The SMILES string of the molecule is O=C1CCC(N2Cc3c(C#CCCC4CN(CCOc5ccc(C6c7ccccc7OCC6c6ccccc6)cc5)C4)cccc3C2=O)C(=O)N1. The summed E-state index contributed by atoms with van der Waals surface area (Å²) in [4.78, 5) is 41.1. The van der Waals surface area contributed by atoms with Crippen LogP contribution < -0.4 is 14.8 Å². The Morgan fingerprint density at radius 1 is 0.863 bits per heavy atom. The highest BCUT2D eigenvalue weighted by Crippen LogP contribution is 2.46. The summed E-state index contributed by atoms with van der Waals surface area (Å²) in [5, 5.41) is 2.36. The van der Waals surface area contributed by atoms with Crippen LogP contribution in [0.1, 0.15) is 75.7 Å². The van der Waals surface area contributed by atoms with Crippen LogP contribution in [0.4, 0.5) is 0 Å². The van der Waals surface area contributed by atoms with Gasteiger partial charge in [-0.1, -0.05) is 78.6 Å². The van der Waals surface area contributed by atoms with Crippen LogP contribution in [-0.2, 0) is 16.1 Å². The highest BCUT2D eigenvalue weighted by molar-refractivity contribution is 6.05. The maximum absolute atomic E-state index is 13.1. The van der Waals surface area contributed by atoms with Crippen LogP contribution >= 0.6 is 0 Å². The first-order chi connectivity index (χ1) is 25.0. The Bertz CT molecular complexity index is 1990. The molecule has 4 aliphatic rings. The second-order valence-corrected chi connectivity index (χ2v) is 14.0. The van der Waals surface area contributed by atoms with Gasteiger partial charge in [-0.3, -0.25) is 24.6 Å². The van der Waals surface area contributed by atoms with Crippen LogP contribution in [0.25, 0.3) is 0 Å². The summed E-state index contributed by atoms with van der Waals surface area (Å²) in [6.45, 7) is 4.62. The van der Waals surface area contributed by atoms with E-state index >= 15 is 0 Å². The third-order valence-electron chi connectivity index (χ3n) is 10.7. The third-order valence-corrected chi connectivity index (χ3v) is 10.7. The lowest BCUT2D eigenvalue weighted by atomic mass is 9.76. The molecule has 4 aromatic carbocycles. The van der Waals surface area contributed by atoms with E-state index in [9.17, 15) is 14.4 Å². The number of amides is 3. The number of carbonyl (C=O) groups excluding carboxylic acids is 3. The monoisotopic (exact) mass is 679 g/mol. The fraction of sp³-hybridized carbons (Fsp3) is 0.326. The fourth-order valence-corrected chi connectivity index (χ4v) is 8.00. The maximum atomic E-state index is 13.1. The summed E-state index contributed by atoms with van der Waals surface area (Å²) in [6.07, 6.45) is 2.41. The van der Waals surface area contributed by atoms with Gasteiger partial charge in [-0.15, -0.1) is 0 Å². The molecule has 3 atom stereocenters. The van der Waals surface area contributed by atoms with E-state index in [2.05, 4.69) is 94.9 Å². The van der Waals surface area contributed by atoms with Gasteiger partial charge in [0.25, 0.3) is 5.91 Å². The molecule has 4 heterocycles. The molecule has 3 amide bonds. The molecule has 0 spiro atoms. The number of fused-ring (bicyclic) bond motifs is 2. The van der Waals surface area contributed by atoms with E-state index in [4.69, 9.17) is 9.47 Å². The second-order valence-electron chi connectivity index (χ2n) is 14.0. The van der Waals surface area contributed by atoms with Gasteiger partial charge >= 0.3 is 0 Å². The number of likely N-dealkylation sites (tertiary alicyclic amines) is 1. The largest absolute Gasteiger partial charge is 0.493 e. The fourth-order valence-electron chi connectivity index (χ4n) is 8.00. The molecular weight excluding hydrogens is 638 g/mol. The number of nitrogens with one attached hydrogen (secondary N) is 1. The molecule has 3 unspecified atom stereocenters. The minimum Gasteiger partial charge on any atom is -0.493 e. The summed E-state index contributed by atoms with van der Waals surface area (Å²) in [6, 6.07) is 32.6. The van der Waals surface area contributed by atoms with Crippen molar-refractivity contribution in [1.82, 2.24) is 15.1 Å². The lowest BCUT2D eigenvalue weighted by molar-refractivity contribution is -0.136. The van der Waals surface area contributed by atoms with Crippen LogP contribution in [0, 0.1) is 17.8 Å². The van der Waals surface area contributed by atoms with Gasteiger partial charge in [0, 0.05) is 67.5 Å². The predicted octanol–water partition coefficient (Wildman–Crippen LogP) is 5.90. The number of ether oxygens (including phenoxy) is 2. The van der Waals surface area contributed by atoms with Crippen LogP contribution in [0.2, 0.25) is 0 Å². The van der Waals surface area contributed by atoms with Gasteiger partial charge in [0.1, 0.15) is 24.1 Å². The molecular formula is C43H41N3O5. The highest BCUT2D eigenvalue weighted by Gasteiger charge is 2.40. The zero-order valence-corrected chi connectivity index (χ0v) is 28.6. The average molecular weight is 680 g/mol. The molecule has 51 heavy (non-hydrogen) atoms. The average Bonchev–Trinajstić information content (AvgIpc) is 3.48. The quantitative estimate of drug-likeness (QED) is 0.175. The van der Waals surface area contributed by atoms with Crippen molar-refractivity contribution in [2.45, 2.75) is 50.1 Å². The van der Waals surface area contributed by atoms with Crippen LogP contribution in [0.5, 0.6) is 11.5 Å². The number of rotatable bonds is 9. The number of hydrogen-bond acceptors (Lipinski definition) is 6. The van der Waals surface area contributed by atoms with Gasteiger partial charge in [-0.25, -0.2) is 0 Å². The van der Waals surface area contributed by atoms with Crippen molar-refractivity contribution in [3.8, 4) is 23.3 Å². The molecule has 8 heteroatoms. The van der Waals surface area contributed by atoms with Gasteiger partial charge in [0.05, 0.1) is 6.61 Å². The van der Waals surface area contributed by atoms with Gasteiger partial charge in [-0.05, 0) is 65.8 Å². The van der Waals surface area contributed by atoms with Crippen molar-refractivity contribution in [3.63, 3.8) is 0 Å². The van der Waals surface area contributed by atoms with E-state index in [1.165, 1.54) is 16.7 Å². The molecule has 1 N–H and O–H groups in total. The zero-order chi connectivity index (χ0) is 34.7. The Hall–Kier alpha value is -5.39. The molecule has 0 bridgehead atoms. The first-order valence-corrected chi connectivity index (χ1v) is 18.0. The van der Waals surface area contributed by atoms with Gasteiger partial charge in [0.2, 0.25) is 11.8 Å². The number of hydrogen-bond donors (Lipinski definition) is 1. The number of piperidine rings is 1. The first kappa shape index (κ1) is 32.8. The Kier molecular flexibility index (Phi) is 9.30. The van der Waals surface area contributed by atoms with Gasteiger partial charge in [0.15, 0.2) is 0 Å². The molecule has 4 aliphatic heterocycles. The summed E-state index contributed by atoms with van der Waals surface area (Å²) >= 11 is 0. The number of nitrogens with zero attached hydrogens (tertiary/aromatic N) is 2. The Morgan fingerprint density at radius 3 is 2.49 bits per heavy atom. The molecule has 4 aromatic rings. The van der Waals surface area contributed by atoms with E-state index in [1.807, 2.05) is 18.2 Å². The molecule has 2 saturated heterocycles. The molecule has 0 saturated carbocycles. The molecule has 0 radical (unpaired) electrons. The lowest BCUT2D eigenvalue weighted by Gasteiger charge is -2.39. The highest BCUT2D eigenvalue weighted by atomic mass is 16.5. The summed E-state index contributed by atoms with van der Waals surface area (Å²) < 4.78 is 12.4. The summed E-state index contributed by atoms with van der Waals surface area (Å²) in [5.41, 5.74) is 6.08. The van der Waals surface area contributed by atoms with E-state index in [1.54, 1.807) is 11.0 Å². The maximum Gasteiger partial charge on any atom is 0.255 e. The summed E-state index contributed by atoms with van der Waals surface area (Å²) in [7, 11) is 0. The molecule has 258 valence electrons. The molecule has 8 rings (SSSR count). The second kappa shape index (κ2) is 14.5. The van der Waals surface area contributed by atoms with Gasteiger partial charge < -0.3 is 14.4 Å². The normalized spacial score (nSPS) is 21.5. The van der Waals surface area contributed by atoms with Crippen LogP contribution in [0.15, 0.2) is 97.1 Å². The molecule has 0 aliphatic carbocycles.